The zero-order valence-corrected chi connectivity index (χ0v) is 14.4. The first-order valence-corrected chi connectivity index (χ1v) is 7.86. The lowest BCUT2D eigenvalue weighted by Crippen LogP contribution is -2.74. The molecule has 1 aliphatic rings. The van der Waals surface area contributed by atoms with Gasteiger partial charge in [0, 0.05) is 7.11 Å². The average molecular weight is 314 g/mol. The molecule has 1 fully saturated rings. The monoisotopic (exact) mass is 314 g/mol. The van der Waals surface area contributed by atoms with Crippen molar-refractivity contribution in [2.75, 3.05) is 7.11 Å². The highest BCUT2D eigenvalue weighted by molar-refractivity contribution is 5.95. The summed E-state index contributed by atoms with van der Waals surface area (Å²) in [5.41, 5.74) is 8.12. The van der Waals surface area contributed by atoms with Crippen molar-refractivity contribution in [3.05, 3.63) is 0 Å². The van der Waals surface area contributed by atoms with Gasteiger partial charge in [-0.25, -0.2) is 4.79 Å². The Morgan fingerprint density at radius 1 is 1.05 bits per heavy atom. The molecule has 0 heterocycles. The van der Waals surface area contributed by atoms with Gasteiger partial charge in [0.15, 0.2) is 11.1 Å². The molecule has 6 nitrogen and oxygen atoms in total. The standard InChI is InChI=1S/C16H30N2O4/c1-14(2,3)22-13(20)16(18,11-9-7-6-8-10-11)15(4,21-5)12(17)19/h11H,6-10,18H2,1-5H3,(H2,17,19). The summed E-state index contributed by atoms with van der Waals surface area (Å²) in [7, 11) is 1.35. The van der Waals surface area contributed by atoms with Crippen LogP contribution in [0, 0.1) is 5.92 Å². The van der Waals surface area contributed by atoms with Gasteiger partial charge in [-0.3, -0.25) is 4.79 Å². The molecule has 4 N–H and O–H groups in total. The smallest absolute Gasteiger partial charge is 0.330 e. The first kappa shape index (κ1) is 18.9. The van der Waals surface area contributed by atoms with Gasteiger partial charge in [-0.1, -0.05) is 19.3 Å². The van der Waals surface area contributed by atoms with Crippen LogP contribution in [0.2, 0.25) is 0 Å². The lowest BCUT2D eigenvalue weighted by Gasteiger charge is -2.47. The van der Waals surface area contributed by atoms with Crippen LogP contribution in [-0.4, -0.2) is 35.7 Å². The third-order valence-electron chi connectivity index (χ3n) is 4.65. The van der Waals surface area contributed by atoms with Gasteiger partial charge in [0.2, 0.25) is 0 Å². The highest BCUT2D eigenvalue weighted by atomic mass is 16.6. The van der Waals surface area contributed by atoms with Crippen LogP contribution >= 0.6 is 0 Å². The van der Waals surface area contributed by atoms with E-state index in [2.05, 4.69) is 0 Å². The number of hydrogen-bond acceptors (Lipinski definition) is 5. The van der Waals surface area contributed by atoms with Crippen LogP contribution in [0.1, 0.15) is 59.8 Å². The molecule has 6 heteroatoms. The Morgan fingerprint density at radius 2 is 1.55 bits per heavy atom. The van der Waals surface area contributed by atoms with Crippen molar-refractivity contribution in [3.8, 4) is 0 Å². The molecule has 22 heavy (non-hydrogen) atoms. The molecule has 128 valence electrons. The van der Waals surface area contributed by atoms with E-state index < -0.39 is 28.6 Å². The fourth-order valence-electron chi connectivity index (χ4n) is 3.14. The van der Waals surface area contributed by atoms with Crippen LogP contribution in [0.15, 0.2) is 0 Å². The number of carbonyl (C=O) groups is 2. The summed E-state index contributed by atoms with van der Waals surface area (Å²) < 4.78 is 10.9. The summed E-state index contributed by atoms with van der Waals surface area (Å²) in [6, 6.07) is 0. The minimum Gasteiger partial charge on any atom is -0.458 e. The molecule has 1 saturated carbocycles. The van der Waals surface area contributed by atoms with E-state index in [4.69, 9.17) is 20.9 Å². The molecular weight excluding hydrogens is 284 g/mol. The number of primary amides is 1. The van der Waals surface area contributed by atoms with Crippen LogP contribution in [0.5, 0.6) is 0 Å². The van der Waals surface area contributed by atoms with Crippen LogP contribution in [0.25, 0.3) is 0 Å². The van der Waals surface area contributed by atoms with Crippen molar-refractivity contribution in [2.45, 2.75) is 76.5 Å². The van der Waals surface area contributed by atoms with Gasteiger partial charge in [0.05, 0.1) is 0 Å². The Morgan fingerprint density at radius 3 is 1.91 bits per heavy atom. The molecule has 0 aromatic rings. The predicted octanol–water partition coefficient (Wildman–Crippen LogP) is 1.50. The number of rotatable bonds is 5. The van der Waals surface area contributed by atoms with E-state index in [-0.39, 0.29) is 5.92 Å². The van der Waals surface area contributed by atoms with E-state index in [1.807, 2.05) is 0 Å². The lowest BCUT2D eigenvalue weighted by molar-refractivity contribution is -0.185. The number of carbonyl (C=O) groups excluding carboxylic acids is 2. The first-order valence-electron chi connectivity index (χ1n) is 7.86. The molecule has 0 aromatic carbocycles. The molecule has 0 bridgehead atoms. The second-order valence-corrected chi connectivity index (χ2v) is 7.31. The van der Waals surface area contributed by atoms with E-state index in [0.29, 0.717) is 0 Å². The number of amides is 1. The maximum absolute atomic E-state index is 12.9. The summed E-state index contributed by atoms with van der Waals surface area (Å²) in [6.07, 6.45) is 4.53. The zero-order valence-electron chi connectivity index (χ0n) is 14.4. The maximum atomic E-state index is 12.9. The van der Waals surface area contributed by atoms with Crippen molar-refractivity contribution >= 4 is 11.9 Å². The Labute approximate surface area is 132 Å². The maximum Gasteiger partial charge on any atom is 0.330 e. The van der Waals surface area contributed by atoms with E-state index in [0.717, 1.165) is 32.1 Å². The minimum absolute atomic E-state index is 0.200. The second kappa shape index (κ2) is 6.54. The summed E-state index contributed by atoms with van der Waals surface area (Å²) in [5.74, 6) is -1.59. The molecule has 2 atom stereocenters. The molecule has 0 saturated heterocycles. The van der Waals surface area contributed by atoms with Crippen molar-refractivity contribution in [2.24, 2.45) is 17.4 Å². The van der Waals surface area contributed by atoms with Crippen molar-refractivity contribution in [3.63, 3.8) is 0 Å². The molecule has 2 unspecified atom stereocenters. The molecule has 0 aliphatic heterocycles. The number of nitrogens with two attached hydrogens (primary N) is 2. The fraction of sp³-hybridized carbons (Fsp3) is 0.875. The van der Waals surface area contributed by atoms with Gasteiger partial charge < -0.3 is 20.9 Å². The van der Waals surface area contributed by atoms with E-state index >= 15 is 0 Å². The quantitative estimate of drug-likeness (QED) is 0.748. The molecule has 0 spiro atoms. The van der Waals surface area contributed by atoms with Crippen LogP contribution in [0.4, 0.5) is 0 Å². The third-order valence-corrected chi connectivity index (χ3v) is 4.65. The van der Waals surface area contributed by atoms with Gasteiger partial charge in [-0.05, 0) is 46.5 Å². The highest BCUT2D eigenvalue weighted by Gasteiger charge is 2.61. The molecule has 1 rings (SSSR count). The average Bonchev–Trinajstić information content (AvgIpc) is 2.44. The molecule has 0 aromatic heterocycles. The SMILES string of the molecule is COC(C)(C(N)=O)C(N)(C(=O)OC(C)(C)C)C1CCCCC1. The topological polar surface area (TPSA) is 105 Å². The predicted molar refractivity (Wildman–Crippen MR) is 83.9 cm³/mol. The van der Waals surface area contributed by atoms with E-state index in [1.54, 1.807) is 20.8 Å². The lowest BCUT2D eigenvalue weighted by atomic mass is 9.66. The molecular formula is C16H30N2O4. The first-order chi connectivity index (χ1) is 9.99. The van der Waals surface area contributed by atoms with Crippen LogP contribution in [0.3, 0.4) is 0 Å². The molecule has 1 amide bonds. The Bertz CT molecular complexity index is 426. The van der Waals surface area contributed by atoms with Crippen molar-refractivity contribution in [1.82, 2.24) is 0 Å². The van der Waals surface area contributed by atoms with Gasteiger partial charge in [-0.2, -0.15) is 0 Å². The van der Waals surface area contributed by atoms with E-state index in [9.17, 15) is 9.59 Å². The molecule has 1 aliphatic carbocycles. The Balaban J connectivity index is 3.30. The summed E-state index contributed by atoms with van der Waals surface area (Å²) in [5, 5.41) is 0. The van der Waals surface area contributed by atoms with Gasteiger partial charge >= 0.3 is 5.97 Å². The van der Waals surface area contributed by atoms with Crippen LogP contribution in [-0.2, 0) is 19.1 Å². The largest absolute Gasteiger partial charge is 0.458 e. The fourth-order valence-corrected chi connectivity index (χ4v) is 3.14. The van der Waals surface area contributed by atoms with Crippen molar-refractivity contribution < 1.29 is 19.1 Å². The number of methoxy groups -OCH3 is 1. The second-order valence-electron chi connectivity index (χ2n) is 7.31. The van der Waals surface area contributed by atoms with Gasteiger partial charge in [0.1, 0.15) is 5.60 Å². The minimum atomic E-state index is -1.61. The molecule has 0 radical (unpaired) electrons. The highest BCUT2D eigenvalue weighted by Crippen LogP contribution is 2.40. The summed E-state index contributed by atoms with van der Waals surface area (Å²) >= 11 is 0. The Hall–Kier alpha value is -1.14. The van der Waals surface area contributed by atoms with Gasteiger partial charge in [0.25, 0.3) is 5.91 Å². The summed E-state index contributed by atoms with van der Waals surface area (Å²) in [6.45, 7) is 6.77. The van der Waals surface area contributed by atoms with E-state index in [1.165, 1.54) is 14.0 Å². The summed E-state index contributed by atoms with van der Waals surface area (Å²) in [4.78, 5) is 24.9. The van der Waals surface area contributed by atoms with Crippen molar-refractivity contribution in [1.29, 1.82) is 0 Å². The Kier molecular flexibility index (Phi) is 5.62. The normalized spacial score (nSPS) is 22.5. The zero-order chi connectivity index (χ0) is 17.2. The van der Waals surface area contributed by atoms with Gasteiger partial charge in [-0.15, -0.1) is 0 Å². The number of hydrogen-bond donors (Lipinski definition) is 2. The third kappa shape index (κ3) is 3.43. The number of ether oxygens (including phenoxy) is 2. The number of esters is 1. The van der Waals surface area contributed by atoms with Crippen LogP contribution < -0.4 is 11.5 Å².